The molecule has 7 heteroatoms. The molecule has 0 saturated carbocycles. The summed E-state index contributed by atoms with van der Waals surface area (Å²) in [6.07, 6.45) is 0. The summed E-state index contributed by atoms with van der Waals surface area (Å²) in [5, 5.41) is 3.00. The van der Waals surface area contributed by atoms with E-state index in [1.807, 2.05) is 61.7 Å². The first-order chi connectivity index (χ1) is 13.9. The van der Waals surface area contributed by atoms with Gasteiger partial charge >= 0.3 is 0 Å². The van der Waals surface area contributed by atoms with E-state index in [1.165, 1.54) is 0 Å². The number of imidazole rings is 1. The monoisotopic (exact) mass is 456 g/mol. The van der Waals surface area contributed by atoms with Crippen molar-refractivity contribution in [2.24, 2.45) is 0 Å². The molecule has 29 heavy (non-hydrogen) atoms. The Kier molecular flexibility index (Phi) is 6.69. The van der Waals surface area contributed by atoms with Crippen LogP contribution in [0.1, 0.15) is 43.0 Å². The van der Waals surface area contributed by atoms with E-state index in [1.54, 1.807) is 17.0 Å². The van der Waals surface area contributed by atoms with Crippen molar-refractivity contribution in [1.29, 1.82) is 0 Å². The highest BCUT2D eigenvalue weighted by Gasteiger charge is 2.21. The average Bonchev–Trinajstić information content (AvgIpc) is 3.07. The second-order valence-corrected chi connectivity index (χ2v) is 7.73. The van der Waals surface area contributed by atoms with E-state index >= 15 is 0 Å². The maximum Gasteiger partial charge on any atom is 0.251 e. The van der Waals surface area contributed by atoms with E-state index < -0.39 is 0 Å². The predicted molar refractivity (Wildman–Crippen MR) is 118 cm³/mol. The van der Waals surface area contributed by atoms with E-state index in [0.717, 1.165) is 15.5 Å². The number of likely N-dealkylation sites (N-methyl/N-ethyl adjacent to an activating group) is 1. The van der Waals surface area contributed by atoms with Crippen molar-refractivity contribution in [3.8, 4) is 0 Å². The third kappa shape index (κ3) is 4.67. The van der Waals surface area contributed by atoms with E-state index in [2.05, 4.69) is 21.2 Å². The van der Waals surface area contributed by atoms with Crippen LogP contribution in [0.5, 0.6) is 0 Å². The van der Waals surface area contributed by atoms with Crippen molar-refractivity contribution in [1.82, 2.24) is 19.8 Å². The summed E-state index contributed by atoms with van der Waals surface area (Å²) in [5.41, 5.74) is 2.25. The predicted octanol–water partition coefficient (Wildman–Crippen LogP) is 4.16. The number of rotatable bonds is 7. The molecule has 0 spiro atoms. The molecular formula is C22H25BrN4O2. The summed E-state index contributed by atoms with van der Waals surface area (Å²) >= 11 is 3.39. The highest BCUT2D eigenvalue weighted by Crippen LogP contribution is 2.22. The second kappa shape index (κ2) is 9.22. The van der Waals surface area contributed by atoms with Crippen LogP contribution in [-0.4, -0.2) is 39.4 Å². The number of carbonyl (C=O) groups excluding carboxylic acids is 2. The molecule has 1 heterocycles. The van der Waals surface area contributed by atoms with Gasteiger partial charge in [-0.1, -0.05) is 34.1 Å². The highest BCUT2D eigenvalue weighted by molar-refractivity contribution is 9.10. The van der Waals surface area contributed by atoms with Crippen LogP contribution in [0.2, 0.25) is 0 Å². The Morgan fingerprint density at radius 2 is 1.86 bits per heavy atom. The Bertz CT molecular complexity index is 1030. The van der Waals surface area contributed by atoms with Crippen LogP contribution in [0.3, 0.4) is 0 Å². The van der Waals surface area contributed by atoms with Crippen molar-refractivity contribution in [3.63, 3.8) is 0 Å². The first-order valence-electron chi connectivity index (χ1n) is 9.74. The molecule has 0 aliphatic heterocycles. The van der Waals surface area contributed by atoms with Crippen molar-refractivity contribution in [2.45, 2.75) is 33.4 Å². The maximum absolute atomic E-state index is 12.8. The summed E-state index contributed by atoms with van der Waals surface area (Å²) in [7, 11) is 0. The lowest BCUT2D eigenvalue weighted by atomic mass is 10.2. The number of para-hydroxylation sites is 2. The molecule has 0 saturated heterocycles. The SMILES string of the molecule is CCN(CC)C(=O)Cn1c(C(C)NC(=O)c2cccc(Br)c2)nc2ccccc21. The number of nitrogens with zero attached hydrogens (tertiary/aromatic N) is 3. The van der Waals surface area contributed by atoms with Crippen LogP contribution in [0, 0.1) is 0 Å². The minimum absolute atomic E-state index is 0.0323. The molecule has 1 aromatic heterocycles. The zero-order valence-electron chi connectivity index (χ0n) is 16.9. The summed E-state index contributed by atoms with van der Waals surface area (Å²) < 4.78 is 2.75. The fourth-order valence-corrected chi connectivity index (χ4v) is 3.78. The number of fused-ring (bicyclic) bond motifs is 1. The van der Waals surface area contributed by atoms with Crippen molar-refractivity contribution >= 4 is 38.8 Å². The molecule has 2 amide bonds. The van der Waals surface area contributed by atoms with Gasteiger partial charge in [-0.2, -0.15) is 0 Å². The first-order valence-corrected chi connectivity index (χ1v) is 10.5. The van der Waals surface area contributed by atoms with Crippen molar-refractivity contribution in [2.75, 3.05) is 13.1 Å². The Balaban J connectivity index is 1.91. The third-order valence-corrected chi connectivity index (χ3v) is 5.41. The Hall–Kier alpha value is -2.67. The number of halogens is 1. The first kappa shape index (κ1) is 21.0. The van der Waals surface area contributed by atoms with Gasteiger partial charge in [0.05, 0.1) is 17.1 Å². The minimum Gasteiger partial charge on any atom is -0.342 e. The number of carbonyl (C=O) groups is 2. The summed E-state index contributed by atoms with van der Waals surface area (Å²) in [6, 6.07) is 14.6. The summed E-state index contributed by atoms with van der Waals surface area (Å²) in [4.78, 5) is 31.9. The quantitative estimate of drug-likeness (QED) is 0.580. The Labute approximate surface area is 179 Å². The van der Waals surface area contributed by atoms with E-state index in [9.17, 15) is 9.59 Å². The van der Waals surface area contributed by atoms with E-state index in [4.69, 9.17) is 4.98 Å². The average molecular weight is 457 g/mol. The van der Waals surface area contributed by atoms with Gasteiger partial charge in [-0.3, -0.25) is 9.59 Å². The molecule has 3 rings (SSSR count). The van der Waals surface area contributed by atoms with Crippen molar-refractivity contribution in [3.05, 3.63) is 64.4 Å². The van der Waals surface area contributed by atoms with Gasteiger partial charge in [0.2, 0.25) is 5.91 Å². The van der Waals surface area contributed by atoms with Crippen LogP contribution in [0.4, 0.5) is 0 Å². The van der Waals surface area contributed by atoms with Crippen LogP contribution < -0.4 is 5.32 Å². The van der Waals surface area contributed by atoms with Crippen LogP contribution in [-0.2, 0) is 11.3 Å². The van der Waals surface area contributed by atoms with Gasteiger partial charge in [0.25, 0.3) is 5.91 Å². The maximum atomic E-state index is 12.8. The summed E-state index contributed by atoms with van der Waals surface area (Å²) in [5.74, 6) is 0.507. The molecule has 152 valence electrons. The molecule has 1 atom stereocenters. The fraction of sp³-hybridized carbons (Fsp3) is 0.318. The van der Waals surface area contributed by atoms with Crippen LogP contribution in [0.25, 0.3) is 11.0 Å². The largest absolute Gasteiger partial charge is 0.342 e. The number of hydrogen-bond acceptors (Lipinski definition) is 3. The normalized spacial score (nSPS) is 12.0. The molecule has 3 aromatic rings. The molecular weight excluding hydrogens is 432 g/mol. The Morgan fingerprint density at radius 1 is 1.14 bits per heavy atom. The second-order valence-electron chi connectivity index (χ2n) is 6.82. The van der Waals surface area contributed by atoms with Crippen LogP contribution in [0.15, 0.2) is 53.0 Å². The number of aromatic nitrogens is 2. The Morgan fingerprint density at radius 3 is 2.55 bits per heavy atom. The van der Waals surface area contributed by atoms with E-state index in [-0.39, 0.29) is 24.4 Å². The van der Waals surface area contributed by atoms with Gasteiger partial charge in [0.15, 0.2) is 0 Å². The number of hydrogen-bond donors (Lipinski definition) is 1. The summed E-state index contributed by atoms with van der Waals surface area (Å²) in [6.45, 7) is 7.33. The fourth-order valence-electron chi connectivity index (χ4n) is 3.38. The standard InChI is InChI=1S/C22H25BrN4O2/c1-4-26(5-2)20(28)14-27-19-12-7-6-11-18(19)25-21(27)15(3)24-22(29)16-9-8-10-17(23)13-16/h6-13,15H,4-5,14H2,1-3H3,(H,24,29). The molecule has 1 unspecified atom stereocenters. The van der Waals surface area contributed by atoms with Gasteiger partial charge in [0.1, 0.15) is 12.4 Å². The van der Waals surface area contributed by atoms with Crippen LogP contribution >= 0.6 is 15.9 Å². The molecule has 1 N–H and O–H groups in total. The molecule has 2 aromatic carbocycles. The highest BCUT2D eigenvalue weighted by atomic mass is 79.9. The lowest BCUT2D eigenvalue weighted by molar-refractivity contribution is -0.131. The topological polar surface area (TPSA) is 67.2 Å². The number of nitrogens with one attached hydrogen (secondary N) is 1. The third-order valence-electron chi connectivity index (χ3n) is 4.92. The van der Waals surface area contributed by atoms with Gasteiger partial charge in [0, 0.05) is 23.1 Å². The zero-order valence-corrected chi connectivity index (χ0v) is 18.4. The van der Waals surface area contributed by atoms with Gasteiger partial charge in [-0.05, 0) is 51.1 Å². The lowest BCUT2D eigenvalue weighted by Crippen LogP contribution is -2.35. The number of amides is 2. The molecule has 0 bridgehead atoms. The molecule has 0 fully saturated rings. The number of benzene rings is 2. The molecule has 6 nitrogen and oxygen atoms in total. The van der Waals surface area contributed by atoms with Gasteiger partial charge in [-0.25, -0.2) is 4.98 Å². The zero-order chi connectivity index (χ0) is 21.0. The van der Waals surface area contributed by atoms with E-state index in [0.29, 0.717) is 24.5 Å². The lowest BCUT2D eigenvalue weighted by Gasteiger charge is -2.21. The van der Waals surface area contributed by atoms with Crippen molar-refractivity contribution < 1.29 is 9.59 Å². The molecule has 0 aliphatic carbocycles. The minimum atomic E-state index is -0.363. The smallest absolute Gasteiger partial charge is 0.251 e. The van der Waals surface area contributed by atoms with Gasteiger partial charge < -0.3 is 14.8 Å². The molecule has 0 radical (unpaired) electrons. The molecule has 0 aliphatic rings. The van der Waals surface area contributed by atoms with Gasteiger partial charge in [-0.15, -0.1) is 0 Å².